The molecule has 6 heteroatoms. The van der Waals surface area contributed by atoms with Crippen molar-refractivity contribution in [1.29, 1.82) is 0 Å². The highest BCUT2D eigenvalue weighted by molar-refractivity contribution is 6.03. The summed E-state index contributed by atoms with van der Waals surface area (Å²) >= 11 is 0. The summed E-state index contributed by atoms with van der Waals surface area (Å²) in [6.07, 6.45) is 0. The number of esters is 1. The predicted octanol–water partition coefficient (Wildman–Crippen LogP) is 1.32. The molecule has 114 valence electrons. The third kappa shape index (κ3) is 4.05. The summed E-state index contributed by atoms with van der Waals surface area (Å²) in [5.74, 6) is -1.50. The first-order chi connectivity index (χ1) is 9.80. The van der Waals surface area contributed by atoms with Crippen molar-refractivity contribution in [2.75, 3.05) is 13.2 Å². The van der Waals surface area contributed by atoms with E-state index in [2.05, 4.69) is 0 Å². The maximum Gasteiger partial charge on any atom is 0.319 e. The molecular weight excluding hydrogens is 274 g/mol. The minimum absolute atomic E-state index is 0.180. The van der Waals surface area contributed by atoms with Crippen LogP contribution in [0.1, 0.15) is 31.1 Å². The Morgan fingerprint density at radius 2 is 1.81 bits per heavy atom. The highest BCUT2D eigenvalue weighted by Crippen LogP contribution is 2.22. The van der Waals surface area contributed by atoms with Gasteiger partial charge in [0.05, 0.1) is 12.2 Å². The van der Waals surface area contributed by atoms with Crippen LogP contribution in [0.25, 0.3) is 0 Å². The SMILES string of the molecule is CCOC(=O)C(C)(C)C(=O)COc1ccccc1C(N)=O. The monoisotopic (exact) mass is 293 g/mol. The number of carbonyl (C=O) groups excluding carboxylic acids is 3. The van der Waals surface area contributed by atoms with Gasteiger partial charge in [0.15, 0.2) is 5.78 Å². The van der Waals surface area contributed by atoms with Gasteiger partial charge in [0.25, 0.3) is 5.91 Å². The van der Waals surface area contributed by atoms with Crippen molar-refractivity contribution in [1.82, 2.24) is 0 Å². The summed E-state index contributed by atoms with van der Waals surface area (Å²) in [6.45, 7) is 4.45. The maximum absolute atomic E-state index is 12.1. The lowest BCUT2D eigenvalue weighted by molar-refractivity contribution is -0.158. The molecule has 0 radical (unpaired) electrons. The quantitative estimate of drug-likeness (QED) is 0.604. The van der Waals surface area contributed by atoms with E-state index < -0.39 is 23.1 Å². The molecule has 0 heterocycles. The lowest BCUT2D eigenvalue weighted by Gasteiger charge is -2.21. The van der Waals surface area contributed by atoms with Crippen LogP contribution in [-0.4, -0.2) is 30.9 Å². The smallest absolute Gasteiger partial charge is 0.319 e. The van der Waals surface area contributed by atoms with E-state index in [-0.39, 0.29) is 24.5 Å². The molecule has 0 spiro atoms. The van der Waals surface area contributed by atoms with E-state index in [1.54, 1.807) is 19.1 Å². The Labute approximate surface area is 123 Å². The highest BCUT2D eigenvalue weighted by Gasteiger charge is 2.37. The van der Waals surface area contributed by atoms with E-state index in [1.165, 1.54) is 26.0 Å². The zero-order valence-electron chi connectivity index (χ0n) is 12.3. The fourth-order valence-corrected chi connectivity index (χ4v) is 1.55. The first kappa shape index (κ1) is 16.7. The molecule has 0 aliphatic heterocycles. The molecule has 1 amide bonds. The van der Waals surface area contributed by atoms with Gasteiger partial charge >= 0.3 is 5.97 Å². The third-order valence-electron chi connectivity index (χ3n) is 2.99. The van der Waals surface area contributed by atoms with Gasteiger partial charge < -0.3 is 15.2 Å². The molecule has 0 saturated heterocycles. The summed E-state index contributed by atoms with van der Waals surface area (Å²) in [7, 11) is 0. The second-order valence-corrected chi connectivity index (χ2v) is 4.92. The Morgan fingerprint density at radius 1 is 1.19 bits per heavy atom. The summed E-state index contributed by atoms with van der Waals surface area (Å²) in [5, 5.41) is 0. The number of ether oxygens (including phenoxy) is 2. The molecule has 0 unspecified atom stereocenters. The van der Waals surface area contributed by atoms with Crippen molar-refractivity contribution in [2.24, 2.45) is 11.1 Å². The summed E-state index contributed by atoms with van der Waals surface area (Å²) < 4.78 is 10.2. The number of benzene rings is 1. The van der Waals surface area contributed by atoms with Crippen LogP contribution in [0, 0.1) is 5.41 Å². The number of Topliss-reactive ketones (excluding diaryl/α,β-unsaturated/α-hetero) is 1. The van der Waals surface area contributed by atoms with Gasteiger partial charge in [0.2, 0.25) is 0 Å². The van der Waals surface area contributed by atoms with Crippen LogP contribution in [0.5, 0.6) is 5.75 Å². The number of hydrogen-bond donors (Lipinski definition) is 1. The minimum Gasteiger partial charge on any atom is -0.485 e. The van der Waals surface area contributed by atoms with Crippen LogP contribution in [0.3, 0.4) is 0 Å². The molecule has 0 aliphatic carbocycles. The van der Waals surface area contributed by atoms with Crippen molar-refractivity contribution in [3.8, 4) is 5.75 Å². The standard InChI is InChI=1S/C15H19NO5/c1-4-20-14(19)15(2,3)12(17)9-21-11-8-6-5-7-10(11)13(16)18/h5-8H,4,9H2,1-3H3,(H2,16,18). The Hall–Kier alpha value is -2.37. The molecule has 0 fully saturated rings. The molecule has 1 aromatic carbocycles. The zero-order valence-corrected chi connectivity index (χ0v) is 12.3. The molecule has 2 N–H and O–H groups in total. The summed E-state index contributed by atoms with van der Waals surface area (Å²) in [5.41, 5.74) is 4.09. The van der Waals surface area contributed by atoms with Gasteiger partial charge in [-0.25, -0.2) is 0 Å². The molecular formula is C15H19NO5. The lowest BCUT2D eigenvalue weighted by Crippen LogP contribution is -2.38. The second-order valence-electron chi connectivity index (χ2n) is 4.92. The van der Waals surface area contributed by atoms with Crippen LogP contribution in [0.2, 0.25) is 0 Å². The van der Waals surface area contributed by atoms with Gasteiger partial charge in [-0.15, -0.1) is 0 Å². The number of rotatable bonds is 7. The van der Waals surface area contributed by atoms with Gasteiger partial charge in [0, 0.05) is 0 Å². The molecule has 1 aromatic rings. The first-order valence-corrected chi connectivity index (χ1v) is 6.52. The van der Waals surface area contributed by atoms with Crippen molar-refractivity contribution < 1.29 is 23.9 Å². The Balaban J connectivity index is 2.78. The highest BCUT2D eigenvalue weighted by atomic mass is 16.5. The van der Waals surface area contributed by atoms with Crippen molar-refractivity contribution in [3.05, 3.63) is 29.8 Å². The Bertz CT molecular complexity index is 551. The number of amides is 1. The Morgan fingerprint density at radius 3 is 2.38 bits per heavy atom. The van der Waals surface area contributed by atoms with Crippen LogP contribution < -0.4 is 10.5 Å². The largest absolute Gasteiger partial charge is 0.485 e. The zero-order chi connectivity index (χ0) is 16.0. The second kappa shape index (κ2) is 6.88. The van der Waals surface area contributed by atoms with Crippen LogP contribution in [-0.2, 0) is 14.3 Å². The molecule has 0 aromatic heterocycles. The topological polar surface area (TPSA) is 95.7 Å². The Kier molecular flexibility index (Phi) is 5.46. The number of nitrogens with two attached hydrogens (primary N) is 1. The van der Waals surface area contributed by atoms with E-state index in [0.717, 1.165) is 0 Å². The molecule has 1 rings (SSSR count). The molecule has 6 nitrogen and oxygen atoms in total. The van der Waals surface area contributed by atoms with Crippen molar-refractivity contribution >= 4 is 17.7 Å². The number of carbonyl (C=O) groups is 3. The summed E-state index contributed by atoms with van der Waals surface area (Å²) in [4.78, 5) is 35.1. The van der Waals surface area contributed by atoms with Gasteiger partial charge in [-0.1, -0.05) is 12.1 Å². The van der Waals surface area contributed by atoms with Gasteiger partial charge in [0.1, 0.15) is 17.8 Å². The number of primary amides is 1. The molecule has 0 saturated carbocycles. The van der Waals surface area contributed by atoms with Gasteiger partial charge in [-0.2, -0.15) is 0 Å². The molecule has 21 heavy (non-hydrogen) atoms. The number of ketones is 1. The number of hydrogen-bond acceptors (Lipinski definition) is 5. The van der Waals surface area contributed by atoms with Crippen molar-refractivity contribution in [3.63, 3.8) is 0 Å². The first-order valence-electron chi connectivity index (χ1n) is 6.52. The fourth-order valence-electron chi connectivity index (χ4n) is 1.55. The third-order valence-corrected chi connectivity index (χ3v) is 2.99. The lowest BCUT2D eigenvalue weighted by atomic mass is 9.88. The minimum atomic E-state index is -1.31. The van der Waals surface area contributed by atoms with Crippen LogP contribution >= 0.6 is 0 Å². The average molecular weight is 293 g/mol. The van der Waals surface area contributed by atoms with Crippen LogP contribution in [0.15, 0.2) is 24.3 Å². The molecule has 0 atom stereocenters. The van der Waals surface area contributed by atoms with Gasteiger partial charge in [-0.3, -0.25) is 14.4 Å². The average Bonchev–Trinajstić information content (AvgIpc) is 2.45. The van der Waals surface area contributed by atoms with E-state index >= 15 is 0 Å². The van der Waals surface area contributed by atoms with Crippen molar-refractivity contribution in [2.45, 2.75) is 20.8 Å². The van der Waals surface area contributed by atoms with Crippen LogP contribution in [0.4, 0.5) is 0 Å². The van der Waals surface area contributed by atoms with E-state index in [9.17, 15) is 14.4 Å². The normalized spacial score (nSPS) is 10.8. The van der Waals surface area contributed by atoms with E-state index in [0.29, 0.717) is 0 Å². The fraction of sp³-hybridized carbons (Fsp3) is 0.400. The number of para-hydroxylation sites is 1. The maximum atomic E-state index is 12.1. The van der Waals surface area contributed by atoms with Gasteiger partial charge in [-0.05, 0) is 32.9 Å². The predicted molar refractivity (Wildman–Crippen MR) is 75.9 cm³/mol. The molecule has 0 aliphatic rings. The van der Waals surface area contributed by atoms with E-state index in [4.69, 9.17) is 15.2 Å². The summed E-state index contributed by atoms with van der Waals surface area (Å²) in [6, 6.07) is 6.32. The van der Waals surface area contributed by atoms with E-state index in [1.807, 2.05) is 0 Å². The molecule has 0 bridgehead atoms.